The number of primary amides is 1. The lowest BCUT2D eigenvalue weighted by molar-refractivity contribution is -0.0436. The maximum Gasteiger partial charge on any atom is 0.501 e. The second-order valence-corrected chi connectivity index (χ2v) is 6.36. The molecule has 1 amide bonds. The second-order valence-electron chi connectivity index (χ2n) is 4.42. The van der Waals surface area contributed by atoms with Crippen molar-refractivity contribution in [1.82, 2.24) is 0 Å². The van der Waals surface area contributed by atoms with Crippen LogP contribution in [0.5, 0.6) is 0 Å². The van der Waals surface area contributed by atoms with Gasteiger partial charge in [-0.3, -0.25) is 4.79 Å². The van der Waals surface area contributed by atoms with Crippen molar-refractivity contribution in [2.24, 2.45) is 5.73 Å². The molecule has 0 fully saturated rings. The number of alkyl halides is 3. The van der Waals surface area contributed by atoms with Gasteiger partial charge >= 0.3 is 5.51 Å². The van der Waals surface area contributed by atoms with Gasteiger partial charge in [-0.05, 0) is 35.4 Å². The highest BCUT2D eigenvalue weighted by molar-refractivity contribution is 7.92. The van der Waals surface area contributed by atoms with E-state index in [1.165, 1.54) is 24.3 Å². The average molecular weight is 329 g/mol. The van der Waals surface area contributed by atoms with Crippen LogP contribution in [-0.2, 0) is 9.84 Å². The summed E-state index contributed by atoms with van der Waals surface area (Å²) in [5.74, 6) is -0.599. The fourth-order valence-corrected chi connectivity index (χ4v) is 2.55. The lowest BCUT2D eigenvalue weighted by Crippen LogP contribution is -2.23. The summed E-state index contributed by atoms with van der Waals surface area (Å²) in [5.41, 5.74) is 1.18. The van der Waals surface area contributed by atoms with Crippen LogP contribution in [0, 0.1) is 0 Å². The monoisotopic (exact) mass is 329 g/mol. The molecule has 8 heteroatoms. The van der Waals surface area contributed by atoms with Gasteiger partial charge < -0.3 is 5.73 Å². The summed E-state index contributed by atoms with van der Waals surface area (Å²) in [6.45, 7) is 0. The fraction of sp³-hybridized carbons (Fsp3) is 0.0714. The van der Waals surface area contributed by atoms with E-state index >= 15 is 0 Å². The number of carbonyl (C=O) groups excluding carboxylic acids is 1. The van der Waals surface area contributed by atoms with E-state index in [1.807, 2.05) is 0 Å². The van der Waals surface area contributed by atoms with Crippen molar-refractivity contribution in [1.29, 1.82) is 0 Å². The third kappa shape index (κ3) is 2.96. The minimum absolute atomic E-state index is 0.292. The molecule has 0 saturated heterocycles. The highest BCUT2D eigenvalue weighted by Gasteiger charge is 2.46. The van der Waals surface area contributed by atoms with Crippen molar-refractivity contribution < 1.29 is 26.4 Å². The van der Waals surface area contributed by atoms with Gasteiger partial charge in [0.05, 0.1) is 4.90 Å². The van der Waals surface area contributed by atoms with Gasteiger partial charge in [-0.15, -0.1) is 0 Å². The van der Waals surface area contributed by atoms with E-state index in [4.69, 9.17) is 5.73 Å². The van der Waals surface area contributed by atoms with Crippen LogP contribution in [0.3, 0.4) is 0 Å². The van der Waals surface area contributed by atoms with Gasteiger partial charge in [0.1, 0.15) is 0 Å². The molecule has 116 valence electrons. The molecule has 0 bridgehead atoms. The predicted octanol–water partition coefficient (Wildman–Crippen LogP) is 2.75. The Morgan fingerprint density at radius 2 is 1.27 bits per heavy atom. The largest absolute Gasteiger partial charge is 0.501 e. The van der Waals surface area contributed by atoms with E-state index in [9.17, 15) is 26.4 Å². The minimum atomic E-state index is -5.35. The van der Waals surface area contributed by atoms with Crippen LogP contribution in [0.2, 0.25) is 0 Å². The molecule has 0 aliphatic rings. The molecule has 0 aliphatic heterocycles. The summed E-state index contributed by atoms with van der Waals surface area (Å²) < 4.78 is 59.8. The topological polar surface area (TPSA) is 77.2 Å². The van der Waals surface area contributed by atoms with Gasteiger partial charge in [0.2, 0.25) is 5.91 Å². The molecule has 0 heterocycles. The summed E-state index contributed by atoms with van der Waals surface area (Å²) in [6, 6.07) is 10.4. The summed E-state index contributed by atoms with van der Waals surface area (Å²) in [4.78, 5) is 10.1. The minimum Gasteiger partial charge on any atom is -0.366 e. The second kappa shape index (κ2) is 5.45. The fourth-order valence-electron chi connectivity index (χ4n) is 1.79. The molecule has 0 spiro atoms. The normalized spacial score (nSPS) is 12.1. The molecule has 0 aliphatic carbocycles. The first-order chi connectivity index (χ1) is 10.1. The molecule has 0 radical (unpaired) electrons. The Hall–Kier alpha value is -2.35. The molecule has 2 aromatic carbocycles. The number of rotatable bonds is 3. The first-order valence-electron chi connectivity index (χ1n) is 5.94. The van der Waals surface area contributed by atoms with Gasteiger partial charge in [-0.1, -0.05) is 24.3 Å². The quantitative estimate of drug-likeness (QED) is 0.940. The van der Waals surface area contributed by atoms with Crippen LogP contribution in [0.25, 0.3) is 11.1 Å². The molecular weight excluding hydrogens is 319 g/mol. The molecule has 2 N–H and O–H groups in total. The maximum absolute atomic E-state index is 12.4. The maximum atomic E-state index is 12.4. The molecule has 22 heavy (non-hydrogen) atoms. The van der Waals surface area contributed by atoms with E-state index in [0.717, 1.165) is 12.1 Å². The van der Waals surface area contributed by atoms with Crippen molar-refractivity contribution >= 4 is 15.7 Å². The Labute approximate surface area is 124 Å². The van der Waals surface area contributed by atoms with Crippen molar-refractivity contribution in [3.63, 3.8) is 0 Å². The third-order valence-electron chi connectivity index (χ3n) is 2.97. The number of halogens is 3. The van der Waals surface area contributed by atoms with Crippen LogP contribution in [0.4, 0.5) is 13.2 Å². The Balaban J connectivity index is 2.35. The SMILES string of the molecule is NC(=O)c1ccc(-c2ccc(S(=O)(=O)C(F)(F)F)cc2)cc1. The van der Waals surface area contributed by atoms with E-state index in [0.29, 0.717) is 16.7 Å². The third-order valence-corrected chi connectivity index (χ3v) is 4.47. The van der Waals surface area contributed by atoms with E-state index < -0.39 is 26.1 Å². The number of amides is 1. The smallest absolute Gasteiger partial charge is 0.366 e. The average Bonchev–Trinajstić information content (AvgIpc) is 2.46. The predicted molar refractivity (Wildman–Crippen MR) is 73.6 cm³/mol. The van der Waals surface area contributed by atoms with Gasteiger partial charge in [0, 0.05) is 5.56 Å². The van der Waals surface area contributed by atoms with E-state index in [1.54, 1.807) is 12.1 Å². The van der Waals surface area contributed by atoms with Gasteiger partial charge in [0.25, 0.3) is 9.84 Å². The highest BCUT2D eigenvalue weighted by atomic mass is 32.2. The lowest BCUT2D eigenvalue weighted by Gasteiger charge is -2.09. The van der Waals surface area contributed by atoms with Crippen molar-refractivity contribution in [2.45, 2.75) is 10.4 Å². The number of hydrogen-bond acceptors (Lipinski definition) is 3. The number of nitrogens with two attached hydrogens (primary N) is 1. The van der Waals surface area contributed by atoms with Crippen LogP contribution >= 0.6 is 0 Å². The lowest BCUT2D eigenvalue weighted by atomic mass is 10.0. The Morgan fingerprint density at radius 1 is 0.864 bits per heavy atom. The zero-order valence-corrected chi connectivity index (χ0v) is 11.8. The van der Waals surface area contributed by atoms with Crippen molar-refractivity contribution in [2.75, 3.05) is 0 Å². The Kier molecular flexibility index (Phi) is 3.97. The van der Waals surface area contributed by atoms with Crippen LogP contribution in [0.15, 0.2) is 53.4 Å². The van der Waals surface area contributed by atoms with Crippen LogP contribution in [0.1, 0.15) is 10.4 Å². The molecule has 2 aromatic rings. The van der Waals surface area contributed by atoms with E-state index in [-0.39, 0.29) is 0 Å². The summed E-state index contributed by atoms with van der Waals surface area (Å²) in [7, 11) is -5.35. The molecule has 4 nitrogen and oxygen atoms in total. The molecule has 0 saturated carbocycles. The molecule has 0 unspecified atom stereocenters. The summed E-state index contributed by atoms with van der Waals surface area (Å²) >= 11 is 0. The highest BCUT2D eigenvalue weighted by Crippen LogP contribution is 2.31. The Bertz CT molecular complexity index is 795. The first kappa shape index (κ1) is 16.0. The molecule has 0 atom stereocenters. The summed E-state index contributed by atoms with van der Waals surface area (Å²) in [6.07, 6.45) is 0. The van der Waals surface area contributed by atoms with Crippen LogP contribution < -0.4 is 5.73 Å². The number of carbonyl (C=O) groups is 1. The molecular formula is C14H10F3NO3S. The van der Waals surface area contributed by atoms with Crippen molar-refractivity contribution in [3.8, 4) is 11.1 Å². The number of benzene rings is 2. The van der Waals surface area contributed by atoms with Crippen LogP contribution in [-0.4, -0.2) is 19.8 Å². The van der Waals surface area contributed by atoms with Gasteiger partial charge in [0.15, 0.2) is 0 Å². The molecule has 0 aromatic heterocycles. The van der Waals surface area contributed by atoms with Gasteiger partial charge in [-0.2, -0.15) is 13.2 Å². The van der Waals surface area contributed by atoms with E-state index in [2.05, 4.69) is 0 Å². The zero-order chi connectivity index (χ0) is 16.5. The van der Waals surface area contributed by atoms with Crippen molar-refractivity contribution in [3.05, 3.63) is 54.1 Å². The first-order valence-corrected chi connectivity index (χ1v) is 7.43. The summed E-state index contributed by atoms with van der Waals surface area (Å²) in [5, 5.41) is 0. The van der Waals surface area contributed by atoms with Gasteiger partial charge in [-0.25, -0.2) is 8.42 Å². The number of sulfone groups is 1. The number of hydrogen-bond donors (Lipinski definition) is 1. The standard InChI is InChI=1S/C14H10F3NO3S/c15-14(16,17)22(20,21)12-7-5-10(6-8-12)9-1-3-11(4-2-9)13(18)19/h1-8H,(H2,18,19). The molecule has 2 rings (SSSR count). The zero-order valence-electron chi connectivity index (χ0n) is 11.0. The Morgan fingerprint density at radius 3 is 1.64 bits per heavy atom.